The van der Waals surface area contributed by atoms with Gasteiger partial charge in [-0.25, -0.2) is 5.43 Å². The molecule has 3 rings (SSSR count). The molecule has 2 aromatic rings. The number of halogens is 1. The Morgan fingerprint density at radius 1 is 1.17 bits per heavy atom. The molecule has 118 valence electrons. The van der Waals surface area contributed by atoms with Gasteiger partial charge in [0.15, 0.2) is 0 Å². The zero-order chi connectivity index (χ0) is 16.1. The molecule has 1 heterocycles. The average molecular weight is 372 g/mol. The molecule has 1 saturated carbocycles. The number of carbonyl (C=O) groups excluding carboxylic acids is 1. The fourth-order valence-electron chi connectivity index (χ4n) is 2.82. The first-order valence-electron chi connectivity index (χ1n) is 7.77. The Kier molecular flexibility index (Phi) is 5.18. The van der Waals surface area contributed by atoms with Gasteiger partial charge >= 0.3 is 0 Å². The number of nitrogens with one attached hydrogen (secondary N) is 1. The van der Waals surface area contributed by atoms with Crippen molar-refractivity contribution < 1.29 is 4.79 Å². The Labute approximate surface area is 144 Å². The Hall–Kier alpha value is -2.01. The van der Waals surface area contributed by atoms with Crippen LogP contribution in [0.2, 0.25) is 0 Å². The van der Waals surface area contributed by atoms with E-state index in [1.54, 1.807) is 12.1 Å². The Bertz CT molecular complexity index is 698. The molecule has 0 radical (unpaired) electrons. The van der Waals surface area contributed by atoms with Crippen LogP contribution in [-0.2, 0) is 0 Å². The van der Waals surface area contributed by atoms with Crippen LogP contribution in [0.25, 0.3) is 0 Å². The van der Waals surface area contributed by atoms with Crippen LogP contribution in [0.4, 0.5) is 0 Å². The van der Waals surface area contributed by atoms with Crippen molar-refractivity contribution in [3.05, 3.63) is 64.4 Å². The van der Waals surface area contributed by atoms with Crippen LogP contribution in [0.3, 0.4) is 0 Å². The largest absolute Gasteiger partial charge is 0.271 e. The van der Waals surface area contributed by atoms with Crippen LogP contribution in [0, 0.1) is 0 Å². The number of benzene rings is 1. The first-order chi connectivity index (χ1) is 11.2. The van der Waals surface area contributed by atoms with Crippen molar-refractivity contribution in [1.29, 1.82) is 0 Å². The molecule has 4 nitrogen and oxygen atoms in total. The van der Waals surface area contributed by atoms with Crippen molar-refractivity contribution in [3.8, 4) is 0 Å². The summed E-state index contributed by atoms with van der Waals surface area (Å²) in [6, 6.07) is 13.2. The van der Waals surface area contributed by atoms with Crippen molar-refractivity contribution in [2.45, 2.75) is 31.6 Å². The molecule has 1 unspecified atom stereocenters. The summed E-state index contributed by atoms with van der Waals surface area (Å²) < 4.78 is 0.947. The topological polar surface area (TPSA) is 54.4 Å². The number of hydrogen-bond donors (Lipinski definition) is 1. The van der Waals surface area contributed by atoms with E-state index in [4.69, 9.17) is 0 Å². The van der Waals surface area contributed by atoms with E-state index in [2.05, 4.69) is 31.4 Å². The summed E-state index contributed by atoms with van der Waals surface area (Å²) in [6.45, 7) is 0. The summed E-state index contributed by atoms with van der Waals surface area (Å²) in [5.41, 5.74) is 5.34. The Morgan fingerprint density at radius 2 is 2.00 bits per heavy atom. The third-order valence-corrected chi connectivity index (χ3v) is 4.56. The van der Waals surface area contributed by atoms with Crippen molar-refractivity contribution in [3.63, 3.8) is 0 Å². The number of pyridine rings is 1. The van der Waals surface area contributed by atoms with E-state index in [0.29, 0.717) is 5.56 Å². The minimum Gasteiger partial charge on any atom is -0.267 e. The van der Waals surface area contributed by atoms with Crippen molar-refractivity contribution >= 4 is 27.5 Å². The first-order valence-corrected chi connectivity index (χ1v) is 8.56. The predicted octanol–water partition coefficient (Wildman–Crippen LogP) is 4.29. The summed E-state index contributed by atoms with van der Waals surface area (Å²) in [5.74, 6) is 0.0190. The second-order valence-electron chi connectivity index (χ2n) is 5.60. The number of hydrazone groups is 1. The molecule has 1 aliphatic rings. The highest BCUT2D eigenvalue weighted by Gasteiger charge is 2.23. The van der Waals surface area contributed by atoms with Gasteiger partial charge in [-0.1, -0.05) is 28.4 Å². The lowest BCUT2D eigenvalue weighted by Gasteiger charge is -2.23. The van der Waals surface area contributed by atoms with Gasteiger partial charge in [-0.2, -0.15) is 5.10 Å². The second kappa shape index (κ2) is 7.51. The van der Waals surface area contributed by atoms with Crippen LogP contribution in [-0.4, -0.2) is 16.6 Å². The van der Waals surface area contributed by atoms with Crippen LogP contribution in [0.1, 0.15) is 47.7 Å². The van der Waals surface area contributed by atoms with E-state index in [1.165, 1.54) is 6.42 Å². The van der Waals surface area contributed by atoms with E-state index in [0.717, 1.165) is 35.1 Å². The zero-order valence-electron chi connectivity index (χ0n) is 12.7. The fraction of sp³-hybridized carbons (Fsp3) is 0.278. The highest BCUT2D eigenvalue weighted by Crippen LogP contribution is 2.29. The molecule has 0 bridgehead atoms. The van der Waals surface area contributed by atoms with Crippen LogP contribution in [0.5, 0.6) is 0 Å². The maximum atomic E-state index is 12.2. The Morgan fingerprint density at radius 3 is 2.74 bits per heavy atom. The minimum atomic E-state index is -0.185. The summed E-state index contributed by atoms with van der Waals surface area (Å²) in [4.78, 5) is 16.6. The lowest BCUT2D eigenvalue weighted by atomic mass is 9.85. The van der Waals surface area contributed by atoms with Gasteiger partial charge in [0.05, 0.1) is 0 Å². The van der Waals surface area contributed by atoms with Gasteiger partial charge in [0.1, 0.15) is 0 Å². The number of nitrogens with zero attached hydrogens (tertiary/aromatic N) is 2. The molecule has 1 amide bonds. The Balaban J connectivity index is 1.74. The third kappa shape index (κ3) is 4.05. The number of aromatic nitrogens is 1. The van der Waals surface area contributed by atoms with Gasteiger partial charge in [-0.05, 0) is 55.7 Å². The molecule has 23 heavy (non-hydrogen) atoms. The highest BCUT2D eigenvalue weighted by atomic mass is 79.9. The third-order valence-electron chi connectivity index (χ3n) is 4.03. The average Bonchev–Trinajstić information content (AvgIpc) is 2.61. The summed E-state index contributed by atoms with van der Waals surface area (Å²) >= 11 is 3.36. The maximum absolute atomic E-state index is 12.2. The molecule has 1 aromatic heterocycles. The smallest absolute Gasteiger partial charge is 0.267 e. The maximum Gasteiger partial charge on any atom is 0.271 e. The lowest BCUT2D eigenvalue weighted by Crippen LogP contribution is -2.25. The summed E-state index contributed by atoms with van der Waals surface area (Å²) in [7, 11) is 0. The molecular weight excluding hydrogens is 354 g/mol. The standard InChI is InChI=1S/C18H18BrN3O/c19-14-10-8-13(9-11-14)18(23)22-21-17-7-2-1-5-15(17)16-6-3-4-12-20-16/h3-4,6,8-12,15H,1-2,5,7H2,(H,22,23)/b21-17+. The number of amides is 1. The molecule has 0 saturated heterocycles. The minimum absolute atomic E-state index is 0.185. The van der Waals surface area contributed by atoms with Crippen LogP contribution >= 0.6 is 15.9 Å². The normalized spacial score (nSPS) is 19.5. The van der Waals surface area contributed by atoms with E-state index in [1.807, 2.05) is 36.5 Å². The monoisotopic (exact) mass is 371 g/mol. The number of rotatable bonds is 3. The molecule has 0 spiro atoms. The van der Waals surface area contributed by atoms with Gasteiger partial charge in [0.25, 0.3) is 5.91 Å². The fourth-order valence-corrected chi connectivity index (χ4v) is 3.08. The molecule has 1 atom stereocenters. The number of hydrogen-bond acceptors (Lipinski definition) is 3. The number of carbonyl (C=O) groups is 1. The van der Waals surface area contributed by atoms with E-state index in [9.17, 15) is 4.79 Å². The molecule has 1 N–H and O–H groups in total. The molecular formula is C18H18BrN3O. The SMILES string of the molecule is O=C(N/N=C1\CCCCC1c1ccccn1)c1ccc(Br)cc1. The van der Waals surface area contributed by atoms with Crippen molar-refractivity contribution in [2.24, 2.45) is 5.10 Å². The highest BCUT2D eigenvalue weighted by molar-refractivity contribution is 9.10. The van der Waals surface area contributed by atoms with E-state index in [-0.39, 0.29) is 11.8 Å². The van der Waals surface area contributed by atoms with Gasteiger partial charge < -0.3 is 0 Å². The molecule has 1 aromatic carbocycles. The van der Waals surface area contributed by atoms with E-state index >= 15 is 0 Å². The molecule has 1 aliphatic carbocycles. The van der Waals surface area contributed by atoms with Crippen LogP contribution < -0.4 is 5.43 Å². The molecule has 5 heteroatoms. The summed E-state index contributed by atoms with van der Waals surface area (Å²) in [5, 5.41) is 4.41. The molecule has 1 fully saturated rings. The van der Waals surface area contributed by atoms with E-state index < -0.39 is 0 Å². The van der Waals surface area contributed by atoms with Gasteiger partial charge in [-0.15, -0.1) is 0 Å². The van der Waals surface area contributed by atoms with Crippen molar-refractivity contribution in [1.82, 2.24) is 10.4 Å². The van der Waals surface area contributed by atoms with Crippen molar-refractivity contribution in [2.75, 3.05) is 0 Å². The quantitative estimate of drug-likeness (QED) is 0.818. The lowest BCUT2D eigenvalue weighted by molar-refractivity contribution is 0.0954. The predicted molar refractivity (Wildman–Crippen MR) is 94.5 cm³/mol. The van der Waals surface area contributed by atoms with Gasteiger partial charge in [-0.3, -0.25) is 9.78 Å². The van der Waals surface area contributed by atoms with Gasteiger partial charge in [0.2, 0.25) is 0 Å². The van der Waals surface area contributed by atoms with Gasteiger partial charge in [0, 0.05) is 33.6 Å². The first kappa shape index (κ1) is 15.9. The second-order valence-corrected chi connectivity index (χ2v) is 6.52. The van der Waals surface area contributed by atoms with Crippen LogP contribution in [0.15, 0.2) is 58.2 Å². The molecule has 0 aliphatic heterocycles. The zero-order valence-corrected chi connectivity index (χ0v) is 14.3. The summed E-state index contributed by atoms with van der Waals surface area (Å²) in [6.07, 6.45) is 6.02.